The Morgan fingerprint density at radius 2 is 1.88 bits per heavy atom. The van der Waals surface area contributed by atoms with Crippen molar-refractivity contribution in [2.24, 2.45) is 0 Å². The van der Waals surface area contributed by atoms with Crippen LogP contribution in [-0.4, -0.2) is 21.7 Å². The van der Waals surface area contributed by atoms with Gasteiger partial charge in [-0.25, -0.2) is 0 Å². The zero-order valence-electron chi connectivity index (χ0n) is 14.5. The lowest BCUT2D eigenvalue weighted by molar-refractivity contribution is -0.122. The fourth-order valence-electron chi connectivity index (χ4n) is 2.68. The minimum atomic E-state index is -0.0752. The van der Waals surface area contributed by atoms with Crippen molar-refractivity contribution in [3.05, 3.63) is 64.1 Å². The van der Waals surface area contributed by atoms with Crippen LogP contribution in [0.1, 0.15) is 13.8 Å². The third-order valence-corrected chi connectivity index (χ3v) is 4.55. The van der Waals surface area contributed by atoms with Gasteiger partial charge in [-0.3, -0.25) is 9.48 Å². The summed E-state index contributed by atoms with van der Waals surface area (Å²) in [6.07, 6.45) is 0. The first kappa shape index (κ1) is 18.7. The smallest absolute Gasteiger partial charge is 0.241 e. The van der Waals surface area contributed by atoms with Gasteiger partial charge >= 0.3 is 0 Å². The average molecular weight is 433 g/mol. The number of nitrogens with one attached hydrogen (secondary N) is 1. The first-order valence-corrected chi connectivity index (χ1v) is 9.48. The Kier molecular flexibility index (Phi) is 5.79. The van der Waals surface area contributed by atoms with Crippen LogP contribution in [0.5, 0.6) is 0 Å². The second-order valence-electron chi connectivity index (χ2n) is 6.31. The molecule has 3 rings (SSSR count). The van der Waals surface area contributed by atoms with Crippen molar-refractivity contribution in [3.8, 4) is 22.5 Å². The van der Waals surface area contributed by atoms with Crippen molar-refractivity contribution >= 4 is 33.4 Å². The first-order valence-electron chi connectivity index (χ1n) is 8.31. The number of benzene rings is 2. The number of hydrogen-bond acceptors (Lipinski definition) is 2. The molecule has 0 aliphatic heterocycles. The summed E-state index contributed by atoms with van der Waals surface area (Å²) < 4.78 is 2.73. The van der Waals surface area contributed by atoms with Gasteiger partial charge in [0.25, 0.3) is 0 Å². The van der Waals surface area contributed by atoms with E-state index in [1.807, 2.05) is 68.4 Å². The monoisotopic (exact) mass is 431 g/mol. The number of hydrogen-bond donors (Lipinski definition) is 1. The van der Waals surface area contributed by atoms with Crippen molar-refractivity contribution in [1.29, 1.82) is 0 Å². The van der Waals surface area contributed by atoms with Crippen LogP contribution in [0.3, 0.4) is 0 Å². The highest BCUT2D eigenvalue weighted by Gasteiger charge is 2.15. The van der Waals surface area contributed by atoms with Gasteiger partial charge in [0.05, 0.1) is 11.4 Å². The molecule has 1 aromatic heterocycles. The van der Waals surface area contributed by atoms with Crippen molar-refractivity contribution in [1.82, 2.24) is 15.1 Å². The number of halogens is 2. The second kappa shape index (κ2) is 8.06. The van der Waals surface area contributed by atoms with Crippen molar-refractivity contribution in [2.45, 2.75) is 26.4 Å². The molecule has 0 bridgehead atoms. The van der Waals surface area contributed by atoms with Crippen LogP contribution >= 0.6 is 27.5 Å². The maximum Gasteiger partial charge on any atom is 0.241 e. The van der Waals surface area contributed by atoms with Gasteiger partial charge in [-0.1, -0.05) is 51.8 Å². The van der Waals surface area contributed by atoms with Gasteiger partial charge < -0.3 is 5.32 Å². The van der Waals surface area contributed by atoms with E-state index in [0.717, 1.165) is 27.0 Å². The number of amides is 1. The molecule has 1 amide bonds. The summed E-state index contributed by atoms with van der Waals surface area (Å²) in [5, 5.41) is 8.21. The van der Waals surface area contributed by atoms with Crippen LogP contribution in [0.4, 0.5) is 0 Å². The molecule has 0 saturated heterocycles. The van der Waals surface area contributed by atoms with Gasteiger partial charge in [0, 0.05) is 26.7 Å². The maximum atomic E-state index is 12.3. The number of carbonyl (C=O) groups is 1. The van der Waals surface area contributed by atoms with Crippen LogP contribution < -0.4 is 5.32 Å². The SMILES string of the molecule is CC(C)NC(=O)Cn1nc(-c2ccc(Br)cc2)cc1-c1cccc(Cl)c1. The van der Waals surface area contributed by atoms with Crippen molar-refractivity contribution in [3.63, 3.8) is 0 Å². The van der Waals surface area contributed by atoms with E-state index in [1.54, 1.807) is 4.68 Å². The van der Waals surface area contributed by atoms with Gasteiger partial charge in [-0.2, -0.15) is 5.10 Å². The van der Waals surface area contributed by atoms with E-state index < -0.39 is 0 Å². The van der Waals surface area contributed by atoms with Gasteiger partial charge in [-0.05, 0) is 44.2 Å². The number of rotatable bonds is 5. The van der Waals surface area contributed by atoms with E-state index in [0.29, 0.717) is 5.02 Å². The fraction of sp³-hybridized carbons (Fsp3) is 0.200. The summed E-state index contributed by atoms with van der Waals surface area (Å²) in [6, 6.07) is 17.6. The maximum absolute atomic E-state index is 12.3. The molecule has 1 N–H and O–H groups in total. The zero-order chi connectivity index (χ0) is 18.7. The molecular formula is C20H19BrClN3O. The molecule has 0 atom stereocenters. The fourth-order valence-corrected chi connectivity index (χ4v) is 3.14. The highest BCUT2D eigenvalue weighted by molar-refractivity contribution is 9.10. The molecule has 134 valence electrons. The normalized spacial score (nSPS) is 11.0. The van der Waals surface area contributed by atoms with Crippen molar-refractivity contribution < 1.29 is 4.79 Å². The standard InChI is InChI=1S/C20H19BrClN3O/c1-13(2)23-20(26)12-25-19(15-4-3-5-17(22)10-15)11-18(24-25)14-6-8-16(21)9-7-14/h3-11,13H,12H2,1-2H3,(H,23,26). The predicted molar refractivity (Wildman–Crippen MR) is 109 cm³/mol. The molecule has 0 fully saturated rings. The van der Waals surface area contributed by atoms with Crippen LogP contribution in [0, 0.1) is 0 Å². The summed E-state index contributed by atoms with van der Waals surface area (Å²) >= 11 is 9.59. The molecule has 0 aliphatic carbocycles. The highest BCUT2D eigenvalue weighted by Crippen LogP contribution is 2.28. The topological polar surface area (TPSA) is 46.9 Å². The first-order chi connectivity index (χ1) is 12.4. The van der Waals surface area contributed by atoms with Crippen molar-refractivity contribution in [2.75, 3.05) is 0 Å². The molecule has 0 radical (unpaired) electrons. The third kappa shape index (κ3) is 4.54. The lowest BCUT2D eigenvalue weighted by Crippen LogP contribution is -2.33. The Morgan fingerprint density at radius 1 is 1.15 bits per heavy atom. The Hall–Kier alpha value is -2.11. The minimum absolute atomic E-state index is 0.0752. The Morgan fingerprint density at radius 3 is 2.54 bits per heavy atom. The summed E-state index contributed by atoms with van der Waals surface area (Å²) in [7, 11) is 0. The van der Waals surface area contributed by atoms with Gasteiger partial charge in [-0.15, -0.1) is 0 Å². The minimum Gasteiger partial charge on any atom is -0.352 e. The zero-order valence-corrected chi connectivity index (χ0v) is 16.9. The average Bonchev–Trinajstić information content (AvgIpc) is 2.98. The quantitative estimate of drug-likeness (QED) is 0.605. The molecule has 2 aromatic carbocycles. The molecule has 0 unspecified atom stereocenters. The largest absolute Gasteiger partial charge is 0.352 e. The number of nitrogens with zero attached hydrogens (tertiary/aromatic N) is 2. The van der Waals surface area contributed by atoms with E-state index in [2.05, 4.69) is 26.3 Å². The van der Waals surface area contributed by atoms with E-state index in [-0.39, 0.29) is 18.5 Å². The van der Waals surface area contributed by atoms with E-state index in [1.165, 1.54) is 0 Å². The molecule has 0 saturated carbocycles. The van der Waals surface area contributed by atoms with E-state index >= 15 is 0 Å². The summed E-state index contributed by atoms with van der Waals surface area (Å²) in [5.41, 5.74) is 3.57. The highest BCUT2D eigenvalue weighted by atomic mass is 79.9. The molecule has 4 nitrogen and oxygen atoms in total. The van der Waals surface area contributed by atoms with E-state index in [4.69, 9.17) is 11.6 Å². The molecular weight excluding hydrogens is 414 g/mol. The predicted octanol–water partition coefficient (Wildman–Crippen LogP) is 5.16. The number of aromatic nitrogens is 2. The summed E-state index contributed by atoms with van der Waals surface area (Å²) in [5.74, 6) is -0.0752. The molecule has 0 spiro atoms. The molecule has 1 heterocycles. The lowest BCUT2D eigenvalue weighted by Gasteiger charge is -2.10. The second-order valence-corrected chi connectivity index (χ2v) is 7.66. The molecule has 6 heteroatoms. The summed E-state index contributed by atoms with van der Waals surface area (Å²) in [6.45, 7) is 4.02. The Labute approximate surface area is 166 Å². The van der Waals surface area contributed by atoms with E-state index in [9.17, 15) is 4.79 Å². The Bertz CT molecular complexity index is 919. The van der Waals surface area contributed by atoms with Crippen LogP contribution in [0.25, 0.3) is 22.5 Å². The number of carbonyl (C=O) groups excluding carboxylic acids is 1. The third-order valence-electron chi connectivity index (χ3n) is 3.78. The lowest BCUT2D eigenvalue weighted by atomic mass is 10.1. The van der Waals surface area contributed by atoms with Crippen LogP contribution in [-0.2, 0) is 11.3 Å². The molecule has 3 aromatic rings. The molecule has 0 aliphatic rings. The van der Waals surface area contributed by atoms with Gasteiger partial charge in [0.2, 0.25) is 5.91 Å². The van der Waals surface area contributed by atoms with Crippen LogP contribution in [0.15, 0.2) is 59.1 Å². The summed E-state index contributed by atoms with van der Waals surface area (Å²) in [4.78, 5) is 12.3. The Balaban J connectivity index is 2.02. The molecule has 26 heavy (non-hydrogen) atoms. The van der Waals surface area contributed by atoms with Gasteiger partial charge in [0.15, 0.2) is 0 Å². The van der Waals surface area contributed by atoms with Crippen LogP contribution in [0.2, 0.25) is 5.02 Å². The van der Waals surface area contributed by atoms with Gasteiger partial charge in [0.1, 0.15) is 6.54 Å².